The second-order valence-electron chi connectivity index (χ2n) is 4.47. The normalized spacial score (nSPS) is 22.1. The van der Waals surface area contributed by atoms with E-state index in [4.69, 9.17) is 0 Å². The van der Waals surface area contributed by atoms with Gasteiger partial charge in [0.15, 0.2) is 5.17 Å². The van der Waals surface area contributed by atoms with Gasteiger partial charge in [0, 0.05) is 18.0 Å². The fourth-order valence-corrected chi connectivity index (χ4v) is 3.97. The van der Waals surface area contributed by atoms with Crippen LogP contribution in [0.3, 0.4) is 0 Å². The van der Waals surface area contributed by atoms with Crippen molar-refractivity contribution in [2.24, 2.45) is 4.99 Å². The van der Waals surface area contributed by atoms with E-state index in [1.807, 2.05) is 11.5 Å². The van der Waals surface area contributed by atoms with Crippen molar-refractivity contribution in [3.63, 3.8) is 0 Å². The van der Waals surface area contributed by atoms with Gasteiger partial charge in [0.1, 0.15) is 0 Å². The van der Waals surface area contributed by atoms with E-state index in [0.29, 0.717) is 0 Å². The van der Waals surface area contributed by atoms with Crippen molar-refractivity contribution in [2.75, 3.05) is 13.1 Å². The Morgan fingerprint density at radius 2 is 2.17 bits per heavy atom. The molecule has 0 unspecified atom stereocenters. The number of rotatable bonds is 1. The van der Waals surface area contributed by atoms with Crippen LogP contribution in [0.25, 0.3) is 6.08 Å². The van der Waals surface area contributed by atoms with Gasteiger partial charge < -0.3 is 4.90 Å². The standard InChI is InChI=1S/C13H14N2OS2/c1-9-4-7-17-10(9)8-11-12(16)14-13(18-11)15-5-2-3-6-15/h4,7-8H,2-3,5-6H2,1H3/b11-8-. The van der Waals surface area contributed by atoms with Crippen molar-refractivity contribution < 1.29 is 4.79 Å². The molecule has 0 spiro atoms. The highest BCUT2D eigenvalue weighted by Crippen LogP contribution is 2.33. The summed E-state index contributed by atoms with van der Waals surface area (Å²) in [7, 11) is 0. The maximum absolute atomic E-state index is 11.9. The van der Waals surface area contributed by atoms with Gasteiger partial charge in [-0.15, -0.1) is 11.3 Å². The van der Waals surface area contributed by atoms with Crippen LogP contribution < -0.4 is 0 Å². The van der Waals surface area contributed by atoms with E-state index >= 15 is 0 Å². The van der Waals surface area contributed by atoms with Crippen molar-refractivity contribution in [1.29, 1.82) is 0 Å². The Bertz CT molecular complexity index is 539. The van der Waals surface area contributed by atoms with Gasteiger partial charge in [0.05, 0.1) is 4.91 Å². The summed E-state index contributed by atoms with van der Waals surface area (Å²) in [5, 5.41) is 2.94. The molecule has 1 amide bonds. The number of thioether (sulfide) groups is 1. The van der Waals surface area contributed by atoms with Crippen LogP contribution in [-0.4, -0.2) is 29.1 Å². The van der Waals surface area contributed by atoms with Crippen LogP contribution >= 0.6 is 23.1 Å². The highest BCUT2D eigenvalue weighted by Gasteiger charge is 2.27. The molecule has 3 heterocycles. The maximum Gasteiger partial charge on any atom is 0.286 e. The molecule has 1 saturated heterocycles. The molecule has 2 aliphatic rings. The smallest absolute Gasteiger partial charge is 0.286 e. The third-order valence-electron chi connectivity index (χ3n) is 3.15. The molecule has 5 heteroatoms. The highest BCUT2D eigenvalue weighted by atomic mass is 32.2. The largest absolute Gasteiger partial charge is 0.351 e. The number of carbonyl (C=O) groups is 1. The third kappa shape index (κ3) is 2.24. The summed E-state index contributed by atoms with van der Waals surface area (Å²) in [6.07, 6.45) is 4.38. The summed E-state index contributed by atoms with van der Waals surface area (Å²) in [5.74, 6) is -0.0882. The average Bonchev–Trinajstić information content (AvgIpc) is 3.03. The van der Waals surface area contributed by atoms with E-state index < -0.39 is 0 Å². The molecule has 0 aliphatic carbocycles. The van der Waals surface area contributed by atoms with Gasteiger partial charge in [-0.05, 0) is 54.6 Å². The van der Waals surface area contributed by atoms with E-state index in [9.17, 15) is 4.79 Å². The van der Waals surface area contributed by atoms with Crippen LogP contribution in [0.1, 0.15) is 23.3 Å². The van der Waals surface area contributed by atoms with E-state index in [1.54, 1.807) is 11.3 Å². The second-order valence-corrected chi connectivity index (χ2v) is 6.43. The Kier molecular flexibility index (Phi) is 3.26. The van der Waals surface area contributed by atoms with E-state index in [-0.39, 0.29) is 5.91 Å². The summed E-state index contributed by atoms with van der Waals surface area (Å²) in [6.45, 7) is 4.13. The number of likely N-dealkylation sites (tertiary alicyclic amines) is 1. The van der Waals surface area contributed by atoms with Crippen LogP contribution in [0, 0.1) is 6.92 Å². The number of amidine groups is 1. The summed E-state index contributed by atoms with van der Waals surface area (Å²) in [5.41, 5.74) is 1.22. The predicted octanol–water partition coefficient (Wildman–Crippen LogP) is 3.12. The maximum atomic E-state index is 11.9. The molecule has 0 bridgehead atoms. The lowest BCUT2D eigenvalue weighted by Gasteiger charge is -2.14. The van der Waals surface area contributed by atoms with Crippen LogP contribution in [0.5, 0.6) is 0 Å². The van der Waals surface area contributed by atoms with Gasteiger partial charge >= 0.3 is 0 Å². The van der Waals surface area contributed by atoms with Gasteiger partial charge in [-0.2, -0.15) is 4.99 Å². The molecule has 3 rings (SSSR count). The molecule has 0 N–H and O–H groups in total. The van der Waals surface area contributed by atoms with E-state index in [1.165, 1.54) is 30.2 Å². The second kappa shape index (κ2) is 4.90. The highest BCUT2D eigenvalue weighted by molar-refractivity contribution is 8.18. The Hall–Kier alpha value is -1.07. The number of carbonyl (C=O) groups excluding carboxylic acids is 1. The zero-order valence-electron chi connectivity index (χ0n) is 10.2. The average molecular weight is 278 g/mol. The Morgan fingerprint density at radius 1 is 1.39 bits per heavy atom. The number of hydrogen-bond acceptors (Lipinski definition) is 4. The molecular weight excluding hydrogens is 264 g/mol. The van der Waals surface area contributed by atoms with Crippen molar-refractivity contribution in [3.05, 3.63) is 26.8 Å². The topological polar surface area (TPSA) is 32.7 Å². The Morgan fingerprint density at radius 3 is 2.83 bits per heavy atom. The molecule has 1 fully saturated rings. The number of aliphatic imine (C=N–C) groups is 1. The van der Waals surface area contributed by atoms with Crippen LogP contribution in [0.2, 0.25) is 0 Å². The number of nitrogens with zero attached hydrogens (tertiary/aromatic N) is 2. The van der Waals surface area contributed by atoms with Gasteiger partial charge in [-0.1, -0.05) is 0 Å². The number of amides is 1. The van der Waals surface area contributed by atoms with Crippen molar-refractivity contribution in [1.82, 2.24) is 4.90 Å². The Labute approximate surface area is 115 Å². The summed E-state index contributed by atoms with van der Waals surface area (Å²) in [6, 6.07) is 2.07. The van der Waals surface area contributed by atoms with Crippen LogP contribution in [0.4, 0.5) is 0 Å². The van der Waals surface area contributed by atoms with Crippen molar-refractivity contribution in [2.45, 2.75) is 19.8 Å². The first-order chi connectivity index (χ1) is 8.74. The summed E-state index contributed by atoms with van der Waals surface area (Å²) in [4.78, 5) is 20.2. The molecule has 18 heavy (non-hydrogen) atoms. The minimum absolute atomic E-state index is 0.0882. The van der Waals surface area contributed by atoms with Gasteiger partial charge in [0.2, 0.25) is 0 Å². The zero-order chi connectivity index (χ0) is 12.5. The molecule has 94 valence electrons. The van der Waals surface area contributed by atoms with Crippen molar-refractivity contribution >= 4 is 40.2 Å². The molecule has 1 aromatic rings. The minimum atomic E-state index is -0.0882. The fraction of sp³-hybridized carbons (Fsp3) is 0.385. The monoisotopic (exact) mass is 278 g/mol. The molecular formula is C13H14N2OS2. The first-order valence-electron chi connectivity index (χ1n) is 6.05. The third-order valence-corrected chi connectivity index (χ3v) is 5.16. The van der Waals surface area contributed by atoms with Crippen molar-refractivity contribution in [3.8, 4) is 0 Å². The lowest BCUT2D eigenvalue weighted by atomic mass is 10.3. The molecule has 0 atom stereocenters. The molecule has 0 saturated carbocycles. The number of thiophene rings is 1. The first kappa shape index (κ1) is 12.0. The molecule has 1 aromatic heterocycles. The summed E-state index contributed by atoms with van der Waals surface area (Å²) < 4.78 is 0. The summed E-state index contributed by atoms with van der Waals surface area (Å²) >= 11 is 3.18. The zero-order valence-corrected chi connectivity index (χ0v) is 11.8. The van der Waals surface area contributed by atoms with Gasteiger partial charge in [-0.3, -0.25) is 4.79 Å². The van der Waals surface area contributed by atoms with E-state index in [0.717, 1.165) is 28.0 Å². The molecule has 3 nitrogen and oxygen atoms in total. The Balaban J connectivity index is 1.79. The van der Waals surface area contributed by atoms with Crippen LogP contribution in [0.15, 0.2) is 21.3 Å². The number of aryl methyl sites for hydroxylation is 1. The number of hydrogen-bond donors (Lipinski definition) is 0. The predicted molar refractivity (Wildman–Crippen MR) is 77.9 cm³/mol. The lowest BCUT2D eigenvalue weighted by molar-refractivity contribution is -0.113. The van der Waals surface area contributed by atoms with E-state index in [2.05, 4.69) is 22.9 Å². The quantitative estimate of drug-likeness (QED) is 0.740. The molecule has 2 aliphatic heterocycles. The minimum Gasteiger partial charge on any atom is -0.351 e. The van der Waals surface area contributed by atoms with Crippen LogP contribution in [-0.2, 0) is 4.79 Å². The van der Waals surface area contributed by atoms with Gasteiger partial charge in [-0.25, -0.2) is 0 Å². The molecule has 0 radical (unpaired) electrons. The SMILES string of the molecule is Cc1ccsc1/C=C1\SC(N2CCCC2)=NC1=O. The fourth-order valence-electron chi connectivity index (χ4n) is 2.09. The first-order valence-corrected chi connectivity index (χ1v) is 7.75. The molecule has 0 aromatic carbocycles. The lowest BCUT2D eigenvalue weighted by Crippen LogP contribution is -2.23. The van der Waals surface area contributed by atoms with Gasteiger partial charge in [0.25, 0.3) is 5.91 Å².